The molecule has 1 amide bonds. The maximum Gasteiger partial charge on any atom is 0.387 e. The van der Waals surface area contributed by atoms with Crippen molar-refractivity contribution >= 4 is 11.7 Å². The molecule has 1 fully saturated rings. The molecule has 10 heteroatoms. The van der Waals surface area contributed by atoms with E-state index in [4.69, 9.17) is 4.74 Å². The van der Waals surface area contributed by atoms with Gasteiger partial charge < -0.3 is 14.4 Å². The number of alkyl halides is 2. The first-order chi connectivity index (χ1) is 14.4. The topological polar surface area (TPSA) is 81.9 Å². The van der Waals surface area contributed by atoms with Crippen molar-refractivity contribution in [2.75, 3.05) is 7.11 Å². The van der Waals surface area contributed by atoms with E-state index in [1.54, 1.807) is 21.5 Å². The first kappa shape index (κ1) is 20.0. The lowest BCUT2D eigenvalue weighted by Gasteiger charge is -2.21. The van der Waals surface area contributed by atoms with E-state index in [0.717, 1.165) is 29.8 Å². The van der Waals surface area contributed by atoms with Crippen molar-refractivity contribution in [1.29, 1.82) is 0 Å². The number of methoxy groups -OCH3 is 1. The quantitative estimate of drug-likeness (QED) is 0.587. The predicted octanol–water partition coefficient (Wildman–Crippen LogP) is 3.16. The molecule has 1 aliphatic rings. The molecule has 0 atom stereocenters. The maximum atomic E-state index is 13.2. The van der Waals surface area contributed by atoms with Crippen LogP contribution >= 0.6 is 0 Å². The van der Waals surface area contributed by atoms with Crippen LogP contribution in [-0.4, -0.2) is 50.2 Å². The number of amides is 1. The van der Waals surface area contributed by atoms with Gasteiger partial charge in [-0.1, -0.05) is 6.07 Å². The Hall–Kier alpha value is -3.30. The standard InChI is InChI=1S/C20H21F2N5O3/c1-11-8-12(2)27-20(23-11)24-17(25-27)18(28)26(14-5-6-14)10-13-4-7-15(30-19(21)22)16(9-13)29-3/h4,7-9,14,19H,5-6,10H2,1-3H3. The molecule has 1 aliphatic carbocycles. The van der Waals surface area contributed by atoms with Crippen LogP contribution in [0.4, 0.5) is 8.78 Å². The first-order valence-corrected chi connectivity index (χ1v) is 9.49. The Kier molecular flexibility index (Phi) is 5.23. The highest BCUT2D eigenvalue weighted by atomic mass is 19.3. The van der Waals surface area contributed by atoms with Gasteiger partial charge in [0.2, 0.25) is 5.82 Å². The summed E-state index contributed by atoms with van der Waals surface area (Å²) in [5, 5.41) is 4.33. The zero-order chi connectivity index (χ0) is 21.4. The third kappa shape index (κ3) is 4.03. The van der Waals surface area contributed by atoms with Gasteiger partial charge in [-0.2, -0.15) is 13.8 Å². The molecular weight excluding hydrogens is 396 g/mol. The Morgan fingerprint density at radius 1 is 1.23 bits per heavy atom. The summed E-state index contributed by atoms with van der Waals surface area (Å²) >= 11 is 0. The second-order valence-corrected chi connectivity index (χ2v) is 7.21. The number of hydrogen-bond donors (Lipinski definition) is 0. The van der Waals surface area contributed by atoms with E-state index in [1.807, 2.05) is 19.9 Å². The number of aryl methyl sites for hydroxylation is 2. The number of aromatic nitrogens is 4. The summed E-state index contributed by atoms with van der Waals surface area (Å²) in [5.41, 5.74) is 2.35. The van der Waals surface area contributed by atoms with Crippen molar-refractivity contribution in [3.63, 3.8) is 0 Å². The Bertz CT molecular complexity index is 1100. The van der Waals surface area contributed by atoms with Crippen molar-refractivity contribution in [2.45, 2.75) is 45.9 Å². The molecule has 8 nitrogen and oxygen atoms in total. The van der Waals surface area contributed by atoms with Crippen molar-refractivity contribution < 1.29 is 23.0 Å². The number of ether oxygens (including phenoxy) is 2. The zero-order valence-electron chi connectivity index (χ0n) is 16.8. The van der Waals surface area contributed by atoms with Gasteiger partial charge in [0.15, 0.2) is 11.5 Å². The van der Waals surface area contributed by atoms with Gasteiger partial charge in [0.25, 0.3) is 11.7 Å². The van der Waals surface area contributed by atoms with E-state index in [2.05, 4.69) is 19.8 Å². The minimum atomic E-state index is -2.95. The first-order valence-electron chi connectivity index (χ1n) is 9.49. The van der Waals surface area contributed by atoms with Crippen LogP contribution in [0.25, 0.3) is 5.78 Å². The third-order valence-corrected chi connectivity index (χ3v) is 4.86. The number of hydrogen-bond acceptors (Lipinski definition) is 6. The number of nitrogens with zero attached hydrogens (tertiary/aromatic N) is 5. The molecule has 1 aromatic carbocycles. The number of fused-ring (bicyclic) bond motifs is 1. The normalized spacial score (nSPS) is 13.7. The van der Waals surface area contributed by atoms with Crippen LogP contribution in [0.15, 0.2) is 24.3 Å². The Labute approximate surface area is 171 Å². The van der Waals surface area contributed by atoms with E-state index >= 15 is 0 Å². The Morgan fingerprint density at radius 3 is 2.67 bits per heavy atom. The number of rotatable bonds is 7. The van der Waals surface area contributed by atoms with Gasteiger partial charge in [-0.3, -0.25) is 4.79 Å². The smallest absolute Gasteiger partial charge is 0.387 e. The molecule has 158 valence electrons. The van der Waals surface area contributed by atoms with Crippen molar-refractivity contribution in [3.05, 3.63) is 47.0 Å². The van der Waals surface area contributed by atoms with Gasteiger partial charge in [0.05, 0.1) is 7.11 Å². The van der Waals surface area contributed by atoms with Crippen LogP contribution in [-0.2, 0) is 6.54 Å². The SMILES string of the molecule is COc1cc(CN(C(=O)c2nc3nc(C)cc(C)n3n2)C2CC2)ccc1OC(F)F. The van der Waals surface area contributed by atoms with Crippen LogP contribution in [0.5, 0.6) is 11.5 Å². The molecule has 30 heavy (non-hydrogen) atoms. The molecule has 0 N–H and O–H groups in total. The fraction of sp³-hybridized carbons (Fsp3) is 0.400. The molecule has 2 heterocycles. The summed E-state index contributed by atoms with van der Waals surface area (Å²) in [4.78, 5) is 23.5. The van der Waals surface area contributed by atoms with Gasteiger partial charge in [-0.25, -0.2) is 9.50 Å². The largest absolute Gasteiger partial charge is 0.493 e. The Balaban J connectivity index is 1.60. The number of halogens is 2. The summed E-state index contributed by atoms with van der Waals surface area (Å²) in [5.74, 6) is 0.276. The van der Waals surface area contributed by atoms with Gasteiger partial charge in [0.1, 0.15) is 0 Å². The van der Waals surface area contributed by atoms with Crippen LogP contribution in [0.1, 0.15) is 40.4 Å². The van der Waals surface area contributed by atoms with Crippen LogP contribution in [0.2, 0.25) is 0 Å². The number of carbonyl (C=O) groups is 1. The highest BCUT2D eigenvalue weighted by Gasteiger charge is 2.35. The highest BCUT2D eigenvalue weighted by Crippen LogP contribution is 2.33. The molecule has 0 unspecified atom stereocenters. The molecule has 0 spiro atoms. The summed E-state index contributed by atoms with van der Waals surface area (Å²) in [7, 11) is 1.37. The minimum Gasteiger partial charge on any atom is -0.493 e. The van der Waals surface area contributed by atoms with Gasteiger partial charge in [-0.05, 0) is 50.5 Å². The molecular formula is C20H21F2N5O3. The lowest BCUT2D eigenvalue weighted by atomic mass is 10.2. The summed E-state index contributed by atoms with van der Waals surface area (Å²) in [6.07, 6.45) is 1.78. The summed E-state index contributed by atoms with van der Waals surface area (Å²) in [6.45, 7) is 1.05. The van der Waals surface area contributed by atoms with Gasteiger partial charge in [-0.15, -0.1) is 5.10 Å². The van der Waals surface area contributed by atoms with Gasteiger partial charge in [0, 0.05) is 24.0 Å². The molecule has 1 saturated carbocycles. The average Bonchev–Trinajstić information content (AvgIpc) is 3.44. The van der Waals surface area contributed by atoms with Crippen LogP contribution in [0.3, 0.4) is 0 Å². The minimum absolute atomic E-state index is 0.0560. The Morgan fingerprint density at radius 2 is 2.00 bits per heavy atom. The molecule has 0 saturated heterocycles. The lowest BCUT2D eigenvalue weighted by molar-refractivity contribution is -0.0512. The molecule has 0 bridgehead atoms. The number of carbonyl (C=O) groups excluding carboxylic acids is 1. The van der Waals surface area contributed by atoms with Crippen molar-refractivity contribution in [2.24, 2.45) is 0 Å². The monoisotopic (exact) mass is 417 g/mol. The van der Waals surface area contributed by atoms with Crippen molar-refractivity contribution in [1.82, 2.24) is 24.5 Å². The van der Waals surface area contributed by atoms with E-state index in [1.165, 1.54) is 13.2 Å². The zero-order valence-corrected chi connectivity index (χ0v) is 16.8. The molecule has 0 radical (unpaired) electrons. The molecule has 0 aliphatic heterocycles. The molecule has 3 aromatic rings. The highest BCUT2D eigenvalue weighted by molar-refractivity contribution is 5.91. The number of benzene rings is 1. The van der Waals surface area contributed by atoms with Crippen LogP contribution in [0, 0.1) is 13.8 Å². The third-order valence-electron chi connectivity index (χ3n) is 4.86. The predicted molar refractivity (Wildman–Crippen MR) is 103 cm³/mol. The maximum absolute atomic E-state index is 13.2. The fourth-order valence-electron chi connectivity index (χ4n) is 3.34. The van der Waals surface area contributed by atoms with E-state index in [-0.39, 0.29) is 35.8 Å². The second-order valence-electron chi connectivity index (χ2n) is 7.21. The van der Waals surface area contributed by atoms with E-state index in [9.17, 15) is 13.6 Å². The molecule has 4 rings (SSSR count). The fourth-order valence-corrected chi connectivity index (χ4v) is 3.34. The summed E-state index contributed by atoms with van der Waals surface area (Å²) in [6, 6.07) is 6.59. The van der Waals surface area contributed by atoms with Crippen molar-refractivity contribution in [3.8, 4) is 11.5 Å². The van der Waals surface area contributed by atoms with E-state index in [0.29, 0.717) is 5.78 Å². The van der Waals surface area contributed by atoms with E-state index < -0.39 is 6.61 Å². The summed E-state index contributed by atoms with van der Waals surface area (Å²) < 4.78 is 36.3. The lowest BCUT2D eigenvalue weighted by Crippen LogP contribution is -2.33. The second kappa shape index (κ2) is 7.85. The van der Waals surface area contributed by atoms with Gasteiger partial charge >= 0.3 is 6.61 Å². The molecule has 2 aromatic heterocycles. The van der Waals surface area contributed by atoms with Crippen LogP contribution < -0.4 is 9.47 Å². The average molecular weight is 417 g/mol.